The highest BCUT2D eigenvalue weighted by Gasteiger charge is 2.52. The first kappa shape index (κ1) is 14.8. The van der Waals surface area contributed by atoms with Crippen LogP contribution in [-0.4, -0.2) is 41.4 Å². The molecule has 2 N–H and O–H groups in total. The third-order valence-electron chi connectivity index (χ3n) is 3.90. The summed E-state index contributed by atoms with van der Waals surface area (Å²) in [5.74, 6) is -0.675. The van der Waals surface area contributed by atoms with Crippen molar-refractivity contribution < 1.29 is 19.2 Å². The Morgan fingerprint density at radius 1 is 1.30 bits per heavy atom. The van der Waals surface area contributed by atoms with Gasteiger partial charge in [0.25, 0.3) is 5.91 Å². The van der Waals surface area contributed by atoms with Crippen LogP contribution >= 0.6 is 0 Å². The number of carbonyl (C=O) groups is 1. The fraction of sp³-hybridized carbons (Fsp3) is 0.538. The maximum atomic E-state index is 11.6. The van der Waals surface area contributed by atoms with E-state index in [0.717, 1.165) is 0 Å². The van der Waals surface area contributed by atoms with Gasteiger partial charge in [0.2, 0.25) is 0 Å². The molecule has 20 heavy (non-hydrogen) atoms. The van der Waals surface area contributed by atoms with Crippen LogP contribution in [0.15, 0.2) is 12.3 Å². The molecular formula is C13H19BN2O4. The Labute approximate surface area is 118 Å². The molecule has 1 aromatic rings. The molecule has 2 heterocycles. The minimum absolute atomic E-state index is 0.0419. The molecule has 6 nitrogen and oxygen atoms in total. The summed E-state index contributed by atoms with van der Waals surface area (Å²) in [5, 5.41) is 12.6. The highest BCUT2D eigenvalue weighted by atomic mass is 16.7. The molecule has 2 rings (SSSR count). The fourth-order valence-electron chi connectivity index (χ4n) is 1.91. The van der Waals surface area contributed by atoms with Crippen molar-refractivity contribution in [2.75, 3.05) is 7.05 Å². The summed E-state index contributed by atoms with van der Waals surface area (Å²) < 4.78 is 11.7. The van der Waals surface area contributed by atoms with Gasteiger partial charge in [-0.15, -0.1) is 0 Å². The molecule has 1 aromatic heterocycles. The summed E-state index contributed by atoms with van der Waals surface area (Å²) >= 11 is 0. The fourth-order valence-corrected chi connectivity index (χ4v) is 1.91. The first-order valence-electron chi connectivity index (χ1n) is 6.45. The van der Waals surface area contributed by atoms with E-state index in [1.165, 1.54) is 13.2 Å². The van der Waals surface area contributed by atoms with Crippen LogP contribution in [0.25, 0.3) is 0 Å². The van der Waals surface area contributed by atoms with Gasteiger partial charge in [-0.3, -0.25) is 4.79 Å². The van der Waals surface area contributed by atoms with Crippen LogP contribution in [0.4, 0.5) is 0 Å². The molecule has 0 radical (unpaired) electrons. The molecule has 1 amide bonds. The van der Waals surface area contributed by atoms with Crippen molar-refractivity contribution in [2.24, 2.45) is 0 Å². The third-order valence-corrected chi connectivity index (χ3v) is 3.90. The largest absolute Gasteiger partial charge is 0.506 e. The van der Waals surface area contributed by atoms with E-state index in [1.807, 2.05) is 27.7 Å². The van der Waals surface area contributed by atoms with Gasteiger partial charge < -0.3 is 19.7 Å². The number of aromatic nitrogens is 1. The first-order valence-corrected chi connectivity index (χ1v) is 6.45. The number of nitrogens with zero attached hydrogens (tertiary/aromatic N) is 1. The summed E-state index contributed by atoms with van der Waals surface area (Å²) in [5.41, 5.74) is -0.668. The topological polar surface area (TPSA) is 80.7 Å². The molecule has 0 atom stereocenters. The standard InChI is InChI=1S/C13H19BN2O4/c1-12(2)13(3,4)20-14(19-12)8-6-7-16-9(10(8)17)11(18)15-5/h6-7,17H,1-5H3,(H,15,18). The highest BCUT2D eigenvalue weighted by molar-refractivity contribution is 6.63. The van der Waals surface area contributed by atoms with Crippen LogP contribution in [-0.2, 0) is 9.31 Å². The van der Waals surface area contributed by atoms with Crippen molar-refractivity contribution in [3.8, 4) is 5.75 Å². The number of pyridine rings is 1. The first-order chi connectivity index (χ1) is 9.19. The Bertz CT molecular complexity index is 529. The lowest BCUT2D eigenvalue weighted by atomic mass is 9.78. The maximum absolute atomic E-state index is 11.6. The van der Waals surface area contributed by atoms with Crippen molar-refractivity contribution in [1.29, 1.82) is 0 Å². The zero-order chi connectivity index (χ0) is 15.1. The Balaban J connectivity index is 2.39. The van der Waals surface area contributed by atoms with Gasteiger partial charge in [-0.1, -0.05) is 0 Å². The normalized spacial score (nSPS) is 19.9. The van der Waals surface area contributed by atoms with Gasteiger partial charge in [-0.05, 0) is 33.8 Å². The molecular weight excluding hydrogens is 259 g/mol. The molecule has 108 valence electrons. The summed E-state index contributed by atoms with van der Waals surface area (Å²) in [6, 6.07) is 1.59. The number of rotatable bonds is 2. The molecule has 0 saturated carbocycles. The monoisotopic (exact) mass is 278 g/mol. The number of hydrogen-bond donors (Lipinski definition) is 2. The van der Waals surface area contributed by atoms with Crippen LogP contribution in [0, 0.1) is 0 Å². The van der Waals surface area contributed by atoms with Crippen LogP contribution in [0.2, 0.25) is 0 Å². The molecule has 0 spiro atoms. The zero-order valence-corrected chi connectivity index (χ0v) is 12.4. The quantitative estimate of drug-likeness (QED) is 0.767. The summed E-state index contributed by atoms with van der Waals surface area (Å²) in [7, 11) is 0.747. The van der Waals surface area contributed by atoms with Gasteiger partial charge in [-0.2, -0.15) is 0 Å². The SMILES string of the molecule is CNC(=O)c1nccc(B2OC(C)(C)C(C)(C)O2)c1O. The van der Waals surface area contributed by atoms with Crippen LogP contribution in [0.1, 0.15) is 38.2 Å². The van der Waals surface area contributed by atoms with Crippen molar-refractivity contribution in [3.63, 3.8) is 0 Å². The lowest BCUT2D eigenvalue weighted by molar-refractivity contribution is 0.00578. The number of hydrogen-bond acceptors (Lipinski definition) is 5. The van der Waals surface area contributed by atoms with E-state index in [1.54, 1.807) is 6.07 Å². The summed E-state index contributed by atoms with van der Waals surface area (Å²) in [6.45, 7) is 7.69. The van der Waals surface area contributed by atoms with E-state index in [2.05, 4.69) is 10.3 Å². The highest BCUT2D eigenvalue weighted by Crippen LogP contribution is 2.37. The van der Waals surface area contributed by atoms with E-state index in [9.17, 15) is 9.90 Å². The second-order valence-corrected chi connectivity index (χ2v) is 5.76. The number of amides is 1. The van der Waals surface area contributed by atoms with Crippen LogP contribution in [0.5, 0.6) is 5.75 Å². The van der Waals surface area contributed by atoms with Crippen LogP contribution < -0.4 is 10.8 Å². The Kier molecular flexibility index (Phi) is 3.52. The molecule has 0 bridgehead atoms. The predicted molar refractivity (Wildman–Crippen MR) is 75.0 cm³/mol. The van der Waals surface area contributed by atoms with E-state index < -0.39 is 24.2 Å². The third kappa shape index (κ3) is 2.27. The minimum atomic E-state index is -0.730. The molecule has 1 fully saturated rings. The van der Waals surface area contributed by atoms with E-state index in [-0.39, 0.29) is 11.4 Å². The molecule has 7 heteroatoms. The molecule has 0 aliphatic carbocycles. The van der Waals surface area contributed by atoms with E-state index in [4.69, 9.17) is 9.31 Å². The summed E-state index contributed by atoms with van der Waals surface area (Å²) in [4.78, 5) is 15.5. The summed E-state index contributed by atoms with van der Waals surface area (Å²) in [6.07, 6.45) is 1.45. The van der Waals surface area contributed by atoms with Gasteiger partial charge in [0.15, 0.2) is 5.69 Å². The Morgan fingerprint density at radius 3 is 2.35 bits per heavy atom. The van der Waals surface area contributed by atoms with E-state index in [0.29, 0.717) is 5.46 Å². The van der Waals surface area contributed by atoms with E-state index >= 15 is 0 Å². The van der Waals surface area contributed by atoms with Crippen molar-refractivity contribution in [2.45, 2.75) is 38.9 Å². The second kappa shape index (κ2) is 4.75. The van der Waals surface area contributed by atoms with Crippen LogP contribution in [0.3, 0.4) is 0 Å². The Morgan fingerprint density at radius 2 is 1.85 bits per heavy atom. The zero-order valence-electron chi connectivity index (χ0n) is 12.4. The molecule has 0 aromatic carbocycles. The second-order valence-electron chi connectivity index (χ2n) is 5.76. The smallest absolute Gasteiger partial charge is 0.498 e. The van der Waals surface area contributed by atoms with Crippen molar-refractivity contribution >= 4 is 18.5 Å². The van der Waals surface area contributed by atoms with Gasteiger partial charge in [-0.25, -0.2) is 4.98 Å². The molecule has 1 aliphatic rings. The Hall–Kier alpha value is -1.60. The predicted octanol–water partition coefficient (Wildman–Crippen LogP) is 0.446. The van der Waals surface area contributed by atoms with Gasteiger partial charge >= 0.3 is 7.12 Å². The minimum Gasteiger partial charge on any atom is -0.506 e. The number of aromatic hydroxyl groups is 1. The lowest BCUT2D eigenvalue weighted by Gasteiger charge is -2.32. The maximum Gasteiger partial charge on any atom is 0.498 e. The average Bonchev–Trinajstić information content (AvgIpc) is 2.57. The molecule has 1 aliphatic heterocycles. The number of nitrogens with one attached hydrogen (secondary N) is 1. The molecule has 0 unspecified atom stereocenters. The number of carbonyl (C=O) groups excluding carboxylic acids is 1. The van der Waals surface area contributed by atoms with Gasteiger partial charge in [0, 0.05) is 18.7 Å². The van der Waals surface area contributed by atoms with Crippen molar-refractivity contribution in [1.82, 2.24) is 10.3 Å². The molecule has 1 saturated heterocycles. The average molecular weight is 278 g/mol. The van der Waals surface area contributed by atoms with Crippen molar-refractivity contribution in [3.05, 3.63) is 18.0 Å². The lowest BCUT2D eigenvalue weighted by Crippen LogP contribution is -2.41. The van der Waals surface area contributed by atoms with Gasteiger partial charge in [0.05, 0.1) is 11.2 Å². The van der Waals surface area contributed by atoms with Gasteiger partial charge in [0.1, 0.15) is 5.75 Å².